The largest absolute Gasteiger partial charge is 0.347 e. The molecule has 21 heavy (non-hydrogen) atoms. The molecule has 0 saturated carbocycles. The van der Waals surface area contributed by atoms with Gasteiger partial charge in [-0.2, -0.15) is 0 Å². The molecule has 0 spiro atoms. The van der Waals surface area contributed by atoms with Crippen LogP contribution in [0.3, 0.4) is 0 Å². The standard InChI is InChI=1S/C12H12F3N3O2S/c1-2-10(12-16-3-4-17-12)18-21(19,20)11-8(14)5-7(13)6-9(11)15/h3-6,10,18H,2H2,1H3,(H,16,17). The molecule has 2 rings (SSSR count). The van der Waals surface area contributed by atoms with Crippen LogP contribution in [0.2, 0.25) is 0 Å². The van der Waals surface area contributed by atoms with Crippen LogP contribution in [0.25, 0.3) is 0 Å². The summed E-state index contributed by atoms with van der Waals surface area (Å²) in [4.78, 5) is 5.40. The van der Waals surface area contributed by atoms with Gasteiger partial charge < -0.3 is 4.98 Å². The molecule has 1 atom stereocenters. The van der Waals surface area contributed by atoms with Crippen LogP contribution >= 0.6 is 0 Å². The van der Waals surface area contributed by atoms with E-state index in [1.54, 1.807) is 6.92 Å². The van der Waals surface area contributed by atoms with Crippen LogP contribution in [0.5, 0.6) is 0 Å². The van der Waals surface area contributed by atoms with Crippen LogP contribution in [0, 0.1) is 17.5 Å². The Balaban J connectivity index is 2.39. The summed E-state index contributed by atoms with van der Waals surface area (Å²) in [6.45, 7) is 1.67. The number of aromatic nitrogens is 2. The molecule has 1 heterocycles. The third kappa shape index (κ3) is 3.24. The number of halogens is 3. The quantitative estimate of drug-likeness (QED) is 0.887. The number of benzene rings is 1. The van der Waals surface area contributed by atoms with E-state index in [1.165, 1.54) is 12.4 Å². The lowest BCUT2D eigenvalue weighted by atomic mass is 10.2. The monoisotopic (exact) mass is 319 g/mol. The molecular weight excluding hydrogens is 307 g/mol. The molecule has 0 bridgehead atoms. The van der Waals surface area contributed by atoms with Gasteiger partial charge in [-0.15, -0.1) is 0 Å². The minimum Gasteiger partial charge on any atom is -0.347 e. The third-order valence-electron chi connectivity index (χ3n) is 2.79. The Morgan fingerprint density at radius 1 is 1.29 bits per heavy atom. The fourth-order valence-corrected chi connectivity index (χ4v) is 3.23. The molecule has 114 valence electrons. The van der Waals surface area contributed by atoms with Crippen LogP contribution in [-0.2, 0) is 10.0 Å². The number of H-pyrrole nitrogens is 1. The van der Waals surface area contributed by atoms with E-state index in [0.717, 1.165) is 0 Å². The summed E-state index contributed by atoms with van der Waals surface area (Å²) >= 11 is 0. The van der Waals surface area contributed by atoms with Crippen molar-refractivity contribution >= 4 is 10.0 Å². The Hall–Kier alpha value is -1.87. The Bertz CT molecular complexity index is 709. The molecule has 2 N–H and O–H groups in total. The van der Waals surface area contributed by atoms with E-state index in [4.69, 9.17) is 0 Å². The predicted molar refractivity (Wildman–Crippen MR) is 68.3 cm³/mol. The zero-order valence-electron chi connectivity index (χ0n) is 10.9. The second kappa shape index (κ2) is 5.86. The summed E-state index contributed by atoms with van der Waals surface area (Å²) in [5.74, 6) is -3.87. The molecule has 0 aliphatic carbocycles. The fraction of sp³-hybridized carbons (Fsp3) is 0.250. The summed E-state index contributed by atoms with van der Waals surface area (Å²) in [5.41, 5.74) is 0. The zero-order chi connectivity index (χ0) is 15.6. The number of aromatic amines is 1. The highest BCUT2D eigenvalue weighted by Crippen LogP contribution is 2.23. The van der Waals surface area contributed by atoms with Gasteiger partial charge in [0.25, 0.3) is 0 Å². The average Bonchev–Trinajstić information content (AvgIpc) is 2.87. The van der Waals surface area contributed by atoms with Crippen molar-refractivity contribution in [3.05, 3.63) is 47.8 Å². The van der Waals surface area contributed by atoms with Crippen LogP contribution in [0.1, 0.15) is 25.2 Å². The Kier molecular flexibility index (Phi) is 4.33. The van der Waals surface area contributed by atoms with Crippen LogP contribution in [-0.4, -0.2) is 18.4 Å². The van der Waals surface area contributed by atoms with Gasteiger partial charge in [0.1, 0.15) is 23.3 Å². The van der Waals surface area contributed by atoms with Gasteiger partial charge >= 0.3 is 0 Å². The fourth-order valence-electron chi connectivity index (χ4n) is 1.83. The first kappa shape index (κ1) is 15.5. The van der Waals surface area contributed by atoms with Crippen molar-refractivity contribution < 1.29 is 21.6 Å². The zero-order valence-corrected chi connectivity index (χ0v) is 11.7. The topological polar surface area (TPSA) is 74.8 Å². The highest BCUT2D eigenvalue weighted by Gasteiger charge is 2.28. The lowest BCUT2D eigenvalue weighted by Crippen LogP contribution is -2.30. The molecule has 2 aromatic rings. The minimum atomic E-state index is -4.50. The van der Waals surface area contributed by atoms with Gasteiger partial charge in [-0.25, -0.2) is 31.3 Å². The van der Waals surface area contributed by atoms with Crippen molar-refractivity contribution in [1.29, 1.82) is 0 Å². The molecule has 0 amide bonds. The maximum atomic E-state index is 13.6. The van der Waals surface area contributed by atoms with E-state index in [2.05, 4.69) is 14.7 Å². The number of hydrogen-bond donors (Lipinski definition) is 2. The molecule has 1 unspecified atom stereocenters. The summed E-state index contributed by atoms with van der Waals surface area (Å²) in [7, 11) is -4.50. The summed E-state index contributed by atoms with van der Waals surface area (Å²) in [6.07, 6.45) is 3.22. The van der Waals surface area contributed by atoms with Gasteiger partial charge in [0, 0.05) is 24.5 Å². The van der Waals surface area contributed by atoms with E-state index in [1.807, 2.05) is 0 Å². The summed E-state index contributed by atoms with van der Waals surface area (Å²) < 4.78 is 66.3. The number of imidazole rings is 1. The first-order valence-corrected chi connectivity index (χ1v) is 7.49. The van der Waals surface area contributed by atoms with Crippen molar-refractivity contribution in [2.24, 2.45) is 0 Å². The first-order valence-electron chi connectivity index (χ1n) is 6.01. The predicted octanol–water partition coefficient (Wildman–Crippen LogP) is 2.26. The molecule has 0 aliphatic heterocycles. The van der Waals surface area contributed by atoms with Crippen molar-refractivity contribution in [3.8, 4) is 0 Å². The molecule has 9 heteroatoms. The second-order valence-electron chi connectivity index (χ2n) is 4.26. The first-order chi connectivity index (χ1) is 9.85. The molecule has 5 nitrogen and oxygen atoms in total. The van der Waals surface area contributed by atoms with Crippen molar-refractivity contribution in [1.82, 2.24) is 14.7 Å². The van der Waals surface area contributed by atoms with Gasteiger partial charge in [0.2, 0.25) is 10.0 Å². The average molecular weight is 319 g/mol. The van der Waals surface area contributed by atoms with E-state index >= 15 is 0 Å². The van der Waals surface area contributed by atoms with Gasteiger partial charge in [0.05, 0.1) is 6.04 Å². The van der Waals surface area contributed by atoms with Gasteiger partial charge in [0.15, 0.2) is 4.90 Å². The molecule has 1 aromatic heterocycles. The molecule has 0 saturated heterocycles. The smallest absolute Gasteiger partial charge is 0.247 e. The Labute approximate surface area is 119 Å². The highest BCUT2D eigenvalue weighted by atomic mass is 32.2. The summed E-state index contributed by atoms with van der Waals surface area (Å²) in [6, 6.07) is -0.161. The number of sulfonamides is 1. The number of rotatable bonds is 5. The molecule has 0 fully saturated rings. The minimum absolute atomic E-state index is 0.303. The number of hydrogen-bond acceptors (Lipinski definition) is 3. The van der Waals surface area contributed by atoms with E-state index in [-0.39, 0.29) is 0 Å². The highest BCUT2D eigenvalue weighted by molar-refractivity contribution is 7.89. The Morgan fingerprint density at radius 2 is 1.90 bits per heavy atom. The number of nitrogens with zero attached hydrogens (tertiary/aromatic N) is 1. The van der Waals surface area contributed by atoms with Gasteiger partial charge in [-0.05, 0) is 6.42 Å². The van der Waals surface area contributed by atoms with Crippen molar-refractivity contribution in [3.63, 3.8) is 0 Å². The lowest BCUT2D eigenvalue weighted by Gasteiger charge is -2.15. The SMILES string of the molecule is CCC(NS(=O)(=O)c1c(F)cc(F)cc1F)c1ncc[nH]1. The van der Waals surface area contributed by atoms with Crippen molar-refractivity contribution in [2.45, 2.75) is 24.3 Å². The molecular formula is C12H12F3N3O2S. The second-order valence-corrected chi connectivity index (χ2v) is 5.91. The maximum absolute atomic E-state index is 13.6. The van der Waals surface area contributed by atoms with Crippen molar-refractivity contribution in [2.75, 3.05) is 0 Å². The Morgan fingerprint density at radius 3 is 2.38 bits per heavy atom. The number of nitrogens with one attached hydrogen (secondary N) is 2. The van der Waals surface area contributed by atoms with Crippen LogP contribution in [0.4, 0.5) is 13.2 Å². The summed E-state index contributed by atoms with van der Waals surface area (Å²) in [5, 5.41) is 0. The van der Waals surface area contributed by atoms with Crippen LogP contribution in [0.15, 0.2) is 29.4 Å². The third-order valence-corrected chi connectivity index (χ3v) is 4.31. The van der Waals surface area contributed by atoms with E-state index in [0.29, 0.717) is 24.4 Å². The van der Waals surface area contributed by atoms with Gasteiger partial charge in [-0.1, -0.05) is 6.92 Å². The lowest BCUT2D eigenvalue weighted by molar-refractivity contribution is 0.486. The van der Waals surface area contributed by atoms with E-state index in [9.17, 15) is 21.6 Å². The normalized spacial score (nSPS) is 13.3. The van der Waals surface area contributed by atoms with E-state index < -0.39 is 38.4 Å². The van der Waals surface area contributed by atoms with Crippen LogP contribution < -0.4 is 4.72 Å². The molecule has 0 radical (unpaired) electrons. The molecule has 1 aromatic carbocycles. The molecule has 0 aliphatic rings. The van der Waals surface area contributed by atoms with Gasteiger partial charge in [-0.3, -0.25) is 0 Å². The maximum Gasteiger partial charge on any atom is 0.247 e.